The Labute approximate surface area is 92.3 Å². The second-order valence-corrected chi connectivity index (χ2v) is 4.21. The van der Waals surface area contributed by atoms with E-state index in [1.54, 1.807) is 0 Å². The van der Waals surface area contributed by atoms with E-state index in [1.807, 2.05) is 7.05 Å². The van der Waals surface area contributed by atoms with E-state index in [0.29, 0.717) is 12.0 Å². The molecule has 1 nitrogen and oxygen atoms in total. The van der Waals surface area contributed by atoms with Gasteiger partial charge in [-0.2, -0.15) is 12.6 Å². The summed E-state index contributed by atoms with van der Waals surface area (Å²) in [7, 11) is 1.97. The minimum absolute atomic E-state index is 0.361. The van der Waals surface area contributed by atoms with E-state index < -0.39 is 0 Å². The smallest absolute Gasteiger partial charge is 0.0406 e. The summed E-state index contributed by atoms with van der Waals surface area (Å²) < 4.78 is 0. The van der Waals surface area contributed by atoms with Crippen LogP contribution in [0.5, 0.6) is 0 Å². The van der Waals surface area contributed by atoms with Crippen molar-refractivity contribution in [3.8, 4) is 0 Å². The van der Waals surface area contributed by atoms with E-state index in [-0.39, 0.29) is 0 Å². The lowest BCUT2D eigenvalue weighted by Gasteiger charge is -2.14. The molecule has 14 heavy (non-hydrogen) atoms. The molecule has 0 bridgehead atoms. The van der Waals surface area contributed by atoms with Gasteiger partial charge in [-0.25, -0.2) is 0 Å². The molecule has 1 rings (SSSR count). The Kier molecular flexibility index (Phi) is 4.49. The molecule has 0 saturated heterocycles. The number of nitrogens with one attached hydrogen (secondary N) is 1. The molecular formula is C12H19NS. The van der Waals surface area contributed by atoms with Crippen molar-refractivity contribution < 1.29 is 0 Å². The van der Waals surface area contributed by atoms with E-state index in [0.717, 1.165) is 5.75 Å². The second-order valence-electron chi connectivity index (χ2n) is 3.85. The number of hydrogen-bond acceptors (Lipinski definition) is 2. The number of rotatable bonds is 4. The van der Waals surface area contributed by atoms with E-state index in [2.05, 4.69) is 56.1 Å². The van der Waals surface area contributed by atoms with Crippen LogP contribution in [-0.2, 0) is 0 Å². The summed E-state index contributed by atoms with van der Waals surface area (Å²) >= 11 is 4.31. The molecule has 0 spiro atoms. The molecule has 2 heteroatoms. The third-order valence-corrected chi connectivity index (χ3v) is 2.90. The highest BCUT2D eigenvalue weighted by atomic mass is 32.1. The Morgan fingerprint density at radius 1 is 1.14 bits per heavy atom. The number of benzene rings is 1. The topological polar surface area (TPSA) is 12.0 Å². The lowest BCUT2D eigenvalue weighted by molar-refractivity contribution is 0.662. The van der Waals surface area contributed by atoms with Gasteiger partial charge in [-0.1, -0.05) is 38.1 Å². The van der Waals surface area contributed by atoms with Gasteiger partial charge in [0.25, 0.3) is 0 Å². The van der Waals surface area contributed by atoms with Crippen LogP contribution in [0.15, 0.2) is 24.3 Å². The first-order valence-corrected chi connectivity index (χ1v) is 5.70. The Morgan fingerprint density at radius 3 is 2.00 bits per heavy atom. The molecule has 78 valence electrons. The van der Waals surface area contributed by atoms with E-state index in [1.165, 1.54) is 11.1 Å². The normalized spacial score (nSPS) is 13.2. The van der Waals surface area contributed by atoms with Crippen LogP contribution in [0.4, 0.5) is 0 Å². The number of thiol groups is 1. The van der Waals surface area contributed by atoms with Crippen LogP contribution in [0, 0.1) is 0 Å². The van der Waals surface area contributed by atoms with Crippen LogP contribution in [0.1, 0.15) is 36.9 Å². The minimum atomic E-state index is 0.361. The average Bonchev–Trinajstić information content (AvgIpc) is 2.20. The Bertz CT molecular complexity index is 262. The van der Waals surface area contributed by atoms with Crippen molar-refractivity contribution >= 4 is 12.6 Å². The summed E-state index contributed by atoms with van der Waals surface area (Å²) in [5.74, 6) is 1.44. The number of hydrogen-bond donors (Lipinski definition) is 2. The molecule has 1 aromatic rings. The molecule has 0 aliphatic heterocycles. The van der Waals surface area contributed by atoms with Crippen LogP contribution in [-0.4, -0.2) is 12.8 Å². The molecule has 0 amide bonds. The first-order chi connectivity index (χ1) is 6.69. The van der Waals surface area contributed by atoms with Gasteiger partial charge in [0.2, 0.25) is 0 Å². The van der Waals surface area contributed by atoms with Crippen LogP contribution in [0.2, 0.25) is 0 Å². The van der Waals surface area contributed by atoms with Gasteiger partial charge in [-0.3, -0.25) is 0 Å². The van der Waals surface area contributed by atoms with E-state index in [9.17, 15) is 0 Å². The van der Waals surface area contributed by atoms with Gasteiger partial charge in [-0.15, -0.1) is 0 Å². The average molecular weight is 209 g/mol. The lowest BCUT2D eigenvalue weighted by atomic mass is 10.00. The van der Waals surface area contributed by atoms with Crippen LogP contribution >= 0.6 is 12.6 Å². The zero-order chi connectivity index (χ0) is 10.6. The second kappa shape index (κ2) is 5.42. The van der Waals surface area contributed by atoms with Crippen LogP contribution in [0.25, 0.3) is 0 Å². The molecule has 0 heterocycles. The van der Waals surface area contributed by atoms with Crippen molar-refractivity contribution in [2.45, 2.75) is 25.8 Å². The molecule has 1 N–H and O–H groups in total. The minimum Gasteiger partial charge on any atom is -0.312 e. The molecule has 0 aliphatic carbocycles. The molecule has 0 aliphatic rings. The predicted molar refractivity (Wildman–Crippen MR) is 66.2 cm³/mol. The summed E-state index contributed by atoms with van der Waals surface area (Å²) in [5.41, 5.74) is 2.70. The molecular weight excluding hydrogens is 190 g/mol. The van der Waals surface area contributed by atoms with Crippen molar-refractivity contribution in [3.05, 3.63) is 35.4 Å². The maximum absolute atomic E-state index is 4.31. The first-order valence-electron chi connectivity index (χ1n) is 5.07. The quantitative estimate of drug-likeness (QED) is 0.726. The Hall–Kier alpha value is -0.470. The summed E-state index contributed by atoms with van der Waals surface area (Å²) in [5, 5.41) is 3.24. The SMILES string of the molecule is CNC(CS)c1ccc(C(C)C)cc1. The molecule has 1 aromatic carbocycles. The summed E-state index contributed by atoms with van der Waals surface area (Å²) in [6, 6.07) is 9.14. The summed E-state index contributed by atoms with van der Waals surface area (Å²) in [4.78, 5) is 0. The fourth-order valence-electron chi connectivity index (χ4n) is 1.48. The largest absolute Gasteiger partial charge is 0.312 e. The van der Waals surface area contributed by atoms with Gasteiger partial charge in [0.05, 0.1) is 0 Å². The first kappa shape index (κ1) is 11.6. The Balaban J connectivity index is 2.81. The molecule has 0 saturated carbocycles. The highest BCUT2D eigenvalue weighted by Gasteiger charge is 2.06. The van der Waals surface area contributed by atoms with E-state index >= 15 is 0 Å². The zero-order valence-electron chi connectivity index (χ0n) is 9.12. The molecule has 0 fully saturated rings. The third-order valence-electron chi connectivity index (χ3n) is 2.54. The van der Waals surface area contributed by atoms with Gasteiger partial charge in [-0.05, 0) is 24.1 Å². The maximum Gasteiger partial charge on any atom is 0.0406 e. The fraction of sp³-hybridized carbons (Fsp3) is 0.500. The fourth-order valence-corrected chi connectivity index (χ4v) is 1.87. The standard InChI is InChI=1S/C12H19NS/c1-9(2)10-4-6-11(7-5-10)12(8-14)13-3/h4-7,9,12-14H,8H2,1-3H3. The Morgan fingerprint density at radius 2 is 1.64 bits per heavy atom. The highest BCUT2D eigenvalue weighted by Crippen LogP contribution is 2.19. The highest BCUT2D eigenvalue weighted by molar-refractivity contribution is 7.80. The molecule has 0 radical (unpaired) electrons. The van der Waals surface area contributed by atoms with E-state index in [4.69, 9.17) is 0 Å². The predicted octanol–water partition coefficient (Wildman–Crippen LogP) is 3.00. The third kappa shape index (κ3) is 2.76. The van der Waals surface area contributed by atoms with Crippen LogP contribution in [0.3, 0.4) is 0 Å². The molecule has 1 unspecified atom stereocenters. The monoisotopic (exact) mass is 209 g/mol. The zero-order valence-corrected chi connectivity index (χ0v) is 10.0. The van der Waals surface area contributed by atoms with Gasteiger partial charge < -0.3 is 5.32 Å². The van der Waals surface area contributed by atoms with Crippen LogP contribution < -0.4 is 5.32 Å². The van der Waals surface area contributed by atoms with Crippen molar-refractivity contribution in [1.82, 2.24) is 5.32 Å². The van der Waals surface area contributed by atoms with Crippen molar-refractivity contribution in [1.29, 1.82) is 0 Å². The molecule has 0 aromatic heterocycles. The maximum atomic E-state index is 4.31. The lowest BCUT2D eigenvalue weighted by Crippen LogP contribution is -2.17. The van der Waals surface area contributed by atoms with Gasteiger partial charge in [0.15, 0.2) is 0 Å². The van der Waals surface area contributed by atoms with Crippen molar-refractivity contribution in [3.63, 3.8) is 0 Å². The summed E-state index contributed by atoms with van der Waals surface area (Å²) in [6.45, 7) is 4.42. The van der Waals surface area contributed by atoms with Gasteiger partial charge in [0, 0.05) is 11.8 Å². The van der Waals surface area contributed by atoms with Crippen molar-refractivity contribution in [2.75, 3.05) is 12.8 Å². The molecule has 1 atom stereocenters. The van der Waals surface area contributed by atoms with Crippen molar-refractivity contribution in [2.24, 2.45) is 0 Å². The summed E-state index contributed by atoms with van der Waals surface area (Å²) in [6.07, 6.45) is 0. The van der Waals surface area contributed by atoms with Gasteiger partial charge in [0.1, 0.15) is 0 Å². The van der Waals surface area contributed by atoms with Gasteiger partial charge >= 0.3 is 0 Å².